The summed E-state index contributed by atoms with van der Waals surface area (Å²) in [5, 5.41) is 2.89. The van der Waals surface area contributed by atoms with Crippen LogP contribution in [0.4, 0.5) is 5.69 Å². The van der Waals surface area contributed by atoms with E-state index in [1.807, 2.05) is 60.7 Å². The van der Waals surface area contributed by atoms with Crippen molar-refractivity contribution in [1.29, 1.82) is 0 Å². The van der Waals surface area contributed by atoms with Crippen LogP contribution in [0.25, 0.3) is 12.2 Å². The molecule has 0 spiro atoms. The molecule has 0 aliphatic heterocycles. The number of anilines is 1. The normalized spacial score (nSPS) is 10.2. The van der Waals surface area contributed by atoms with Crippen molar-refractivity contribution in [3.05, 3.63) is 127 Å². The van der Waals surface area contributed by atoms with Gasteiger partial charge in [0, 0.05) is 11.3 Å². The summed E-state index contributed by atoms with van der Waals surface area (Å²) < 4.78 is 11.7. The van der Waals surface area contributed by atoms with E-state index >= 15 is 0 Å². The third kappa shape index (κ3) is 5.77. The van der Waals surface area contributed by atoms with Crippen LogP contribution in [-0.4, -0.2) is 5.91 Å². The maximum absolute atomic E-state index is 12.6. The van der Waals surface area contributed by atoms with Crippen LogP contribution in [0.1, 0.15) is 21.5 Å². The lowest BCUT2D eigenvalue weighted by Crippen LogP contribution is -2.11. The lowest BCUT2D eigenvalue weighted by Gasteiger charge is -2.09. The zero-order valence-electron chi connectivity index (χ0n) is 18.0. The topological polar surface area (TPSA) is 47.6 Å². The number of carbonyl (C=O) groups excluding carboxylic acids is 1. The smallest absolute Gasteiger partial charge is 0.255 e. The standard InChI is InChI=1S/C29H23NO3/c1-3-21-5-13-25(14-6-21)32-27-17-9-23(10-18-27)29(31)30-24-11-19-28(20-12-24)33-26-15-7-22(4-2)8-16-26/h3-20H,1-2H2,(H,30,31). The van der Waals surface area contributed by atoms with E-state index in [4.69, 9.17) is 9.47 Å². The number of benzene rings is 4. The number of nitrogens with one attached hydrogen (secondary N) is 1. The largest absolute Gasteiger partial charge is 0.457 e. The highest BCUT2D eigenvalue weighted by molar-refractivity contribution is 6.04. The molecule has 4 nitrogen and oxygen atoms in total. The molecule has 4 heteroatoms. The van der Waals surface area contributed by atoms with Crippen LogP contribution in [0, 0.1) is 0 Å². The summed E-state index contributed by atoms with van der Waals surface area (Å²) in [6.07, 6.45) is 3.56. The van der Waals surface area contributed by atoms with Gasteiger partial charge < -0.3 is 14.8 Å². The predicted molar refractivity (Wildman–Crippen MR) is 134 cm³/mol. The lowest BCUT2D eigenvalue weighted by atomic mass is 10.2. The van der Waals surface area contributed by atoms with Gasteiger partial charge in [0.1, 0.15) is 23.0 Å². The number of carbonyl (C=O) groups is 1. The van der Waals surface area contributed by atoms with Gasteiger partial charge in [-0.2, -0.15) is 0 Å². The maximum Gasteiger partial charge on any atom is 0.255 e. The molecule has 0 aliphatic carbocycles. The summed E-state index contributed by atoms with van der Waals surface area (Å²) in [6, 6.07) is 29.5. The molecule has 33 heavy (non-hydrogen) atoms. The maximum atomic E-state index is 12.6. The second-order valence-corrected chi connectivity index (χ2v) is 7.25. The molecule has 4 aromatic rings. The quantitative estimate of drug-likeness (QED) is 0.308. The molecule has 1 N–H and O–H groups in total. The molecule has 0 heterocycles. The molecule has 162 valence electrons. The second-order valence-electron chi connectivity index (χ2n) is 7.25. The number of ether oxygens (including phenoxy) is 2. The van der Waals surface area contributed by atoms with Crippen LogP contribution in [0.2, 0.25) is 0 Å². The van der Waals surface area contributed by atoms with Gasteiger partial charge in [-0.05, 0) is 83.9 Å². The second kappa shape index (κ2) is 10.2. The highest BCUT2D eigenvalue weighted by Crippen LogP contribution is 2.25. The van der Waals surface area contributed by atoms with Crippen molar-refractivity contribution in [2.45, 2.75) is 0 Å². The summed E-state index contributed by atoms with van der Waals surface area (Å²) in [7, 11) is 0. The Kier molecular flexibility index (Phi) is 6.67. The average Bonchev–Trinajstić information content (AvgIpc) is 2.86. The zero-order chi connectivity index (χ0) is 23.0. The number of rotatable bonds is 8. The first-order valence-corrected chi connectivity index (χ1v) is 10.4. The monoisotopic (exact) mass is 433 g/mol. The van der Waals surface area contributed by atoms with Gasteiger partial charge in [-0.1, -0.05) is 49.6 Å². The van der Waals surface area contributed by atoms with Gasteiger partial charge in [0.2, 0.25) is 0 Å². The van der Waals surface area contributed by atoms with E-state index in [1.54, 1.807) is 48.6 Å². The molecule has 0 atom stereocenters. The molecule has 0 saturated carbocycles. The van der Waals surface area contributed by atoms with Crippen LogP contribution in [0.5, 0.6) is 23.0 Å². The molecule has 0 radical (unpaired) electrons. The van der Waals surface area contributed by atoms with Gasteiger partial charge in [-0.25, -0.2) is 0 Å². The Hall–Kier alpha value is -4.57. The van der Waals surface area contributed by atoms with Gasteiger partial charge in [-0.15, -0.1) is 0 Å². The van der Waals surface area contributed by atoms with Crippen molar-refractivity contribution in [1.82, 2.24) is 0 Å². The number of hydrogen-bond acceptors (Lipinski definition) is 3. The minimum absolute atomic E-state index is 0.203. The van der Waals surface area contributed by atoms with Gasteiger partial charge in [0.05, 0.1) is 0 Å². The molecule has 4 rings (SSSR count). The summed E-state index contributed by atoms with van der Waals surface area (Å²) >= 11 is 0. The Morgan fingerprint density at radius 3 is 1.33 bits per heavy atom. The average molecular weight is 434 g/mol. The summed E-state index contributed by atoms with van der Waals surface area (Å²) in [5.74, 6) is 2.58. The molecule has 0 aliphatic rings. The Labute approximate surface area is 193 Å². The van der Waals surface area contributed by atoms with E-state index < -0.39 is 0 Å². The van der Waals surface area contributed by atoms with E-state index in [2.05, 4.69) is 18.5 Å². The van der Waals surface area contributed by atoms with Crippen molar-refractivity contribution >= 4 is 23.7 Å². The molecule has 0 unspecified atom stereocenters. The minimum atomic E-state index is -0.203. The highest BCUT2D eigenvalue weighted by atomic mass is 16.5. The first-order valence-electron chi connectivity index (χ1n) is 10.4. The molecule has 0 saturated heterocycles. The van der Waals surface area contributed by atoms with Gasteiger partial charge >= 0.3 is 0 Å². The van der Waals surface area contributed by atoms with Crippen molar-refractivity contribution in [2.75, 3.05) is 5.32 Å². The van der Waals surface area contributed by atoms with E-state index in [0.29, 0.717) is 22.7 Å². The van der Waals surface area contributed by atoms with Crippen molar-refractivity contribution in [2.24, 2.45) is 0 Å². The van der Waals surface area contributed by atoms with Crippen molar-refractivity contribution < 1.29 is 14.3 Å². The van der Waals surface area contributed by atoms with Crippen LogP contribution in [0.15, 0.2) is 110 Å². The zero-order valence-corrected chi connectivity index (χ0v) is 18.0. The molecular weight excluding hydrogens is 410 g/mol. The van der Waals surface area contributed by atoms with Gasteiger partial charge in [-0.3, -0.25) is 4.79 Å². The van der Waals surface area contributed by atoms with E-state index in [0.717, 1.165) is 22.6 Å². The molecule has 1 amide bonds. The third-order valence-electron chi connectivity index (χ3n) is 4.93. The Morgan fingerprint density at radius 2 is 0.939 bits per heavy atom. The minimum Gasteiger partial charge on any atom is -0.457 e. The first-order chi connectivity index (χ1) is 16.1. The summed E-state index contributed by atoms with van der Waals surface area (Å²) in [5.41, 5.74) is 3.27. The van der Waals surface area contributed by atoms with E-state index in [-0.39, 0.29) is 5.91 Å². The molecule has 4 aromatic carbocycles. The molecule has 0 fully saturated rings. The van der Waals surface area contributed by atoms with Gasteiger partial charge in [0.25, 0.3) is 5.91 Å². The van der Waals surface area contributed by atoms with E-state index in [1.165, 1.54) is 0 Å². The van der Waals surface area contributed by atoms with E-state index in [9.17, 15) is 4.79 Å². The first kappa shape index (κ1) is 21.7. The van der Waals surface area contributed by atoms with Crippen LogP contribution in [-0.2, 0) is 0 Å². The van der Waals surface area contributed by atoms with Gasteiger partial charge in [0.15, 0.2) is 0 Å². The third-order valence-corrected chi connectivity index (χ3v) is 4.93. The van der Waals surface area contributed by atoms with Crippen LogP contribution < -0.4 is 14.8 Å². The Morgan fingerprint density at radius 1 is 0.576 bits per heavy atom. The molecular formula is C29H23NO3. The van der Waals surface area contributed by atoms with Crippen molar-refractivity contribution in [3.8, 4) is 23.0 Å². The fourth-order valence-corrected chi connectivity index (χ4v) is 3.10. The fourth-order valence-electron chi connectivity index (χ4n) is 3.10. The summed E-state index contributed by atoms with van der Waals surface area (Å²) in [4.78, 5) is 12.6. The van der Waals surface area contributed by atoms with Crippen LogP contribution >= 0.6 is 0 Å². The summed E-state index contributed by atoms with van der Waals surface area (Å²) in [6.45, 7) is 7.48. The molecule has 0 bridgehead atoms. The molecule has 0 aromatic heterocycles. The lowest BCUT2D eigenvalue weighted by molar-refractivity contribution is 0.102. The highest BCUT2D eigenvalue weighted by Gasteiger charge is 2.07. The SMILES string of the molecule is C=Cc1ccc(Oc2ccc(NC(=O)c3ccc(Oc4ccc(C=C)cc4)cc3)cc2)cc1. The Balaban J connectivity index is 1.34. The Bertz CT molecular complexity index is 1240. The van der Waals surface area contributed by atoms with Crippen LogP contribution in [0.3, 0.4) is 0 Å². The predicted octanol–water partition coefficient (Wildman–Crippen LogP) is 7.81. The number of amides is 1. The number of hydrogen-bond donors (Lipinski definition) is 1. The fraction of sp³-hybridized carbons (Fsp3) is 0. The van der Waals surface area contributed by atoms with Crippen molar-refractivity contribution in [3.63, 3.8) is 0 Å².